The number of amides is 1. The van der Waals surface area contributed by atoms with E-state index in [1.165, 1.54) is 24.3 Å². The predicted molar refractivity (Wildman–Crippen MR) is 117 cm³/mol. The van der Waals surface area contributed by atoms with Gasteiger partial charge >= 0.3 is 0 Å². The van der Waals surface area contributed by atoms with Gasteiger partial charge < -0.3 is 5.32 Å². The van der Waals surface area contributed by atoms with Crippen molar-refractivity contribution in [2.75, 3.05) is 5.32 Å². The van der Waals surface area contributed by atoms with Crippen LogP contribution in [0.15, 0.2) is 53.4 Å². The molecule has 0 saturated carbocycles. The molecule has 9 heteroatoms. The fraction of sp³-hybridized carbons (Fsp3) is 0.273. The van der Waals surface area contributed by atoms with Gasteiger partial charge in [-0.25, -0.2) is 22.2 Å². The average Bonchev–Trinajstić information content (AvgIpc) is 2.96. The lowest BCUT2D eigenvalue weighted by molar-refractivity contribution is -0.115. The fourth-order valence-corrected chi connectivity index (χ4v) is 4.48. The number of sulfonamides is 1. The molecular weight excluding hydrogens is 419 g/mol. The van der Waals surface area contributed by atoms with E-state index in [0.717, 1.165) is 11.3 Å². The van der Waals surface area contributed by atoms with Crippen LogP contribution in [0.3, 0.4) is 0 Å². The van der Waals surface area contributed by atoms with Gasteiger partial charge in [-0.3, -0.25) is 4.79 Å². The van der Waals surface area contributed by atoms with Crippen molar-refractivity contribution in [1.82, 2.24) is 14.5 Å². The summed E-state index contributed by atoms with van der Waals surface area (Å²) < 4.78 is 41.8. The van der Waals surface area contributed by atoms with Gasteiger partial charge in [-0.1, -0.05) is 0 Å². The maximum Gasteiger partial charge on any atom is 0.240 e. The smallest absolute Gasteiger partial charge is 0.240 e. The number of rotatable bonds is 7. The van der Waals surface area contributed by atoms with Crippen LogP contribution in [0.1, 0.15) is 30.8 Å². The van der Waals surface area contributed by atoms with Crippen molar-refractivity contribution in [1.29, 1.82) is 0 Å². The first-order valence-corrected chi connectivity index (χ1v) is 11.3. The highest BCUT2D eigenvalue weighted by molar-refractivity contribution is 7.89. The second-order valence-corrected chi connectivity index (χ2v) is 9.28. The topological polar surface area (TPSA) is 93.1 Å². The van der Waals surface area contributed by atoms with Gasteiger partial charge in [0.25, 0.3) is 0 Å². The van der Waals surface area contributed by atoms with E-state index in [0.29, 0.717) is 17.1 Å². The fourth-order valence-electron chi connectivity index (χ4n) is 3.23. The maximum absolute atomic E-state index is 13.2. The molecular formula is C22H25FN4O3S. The molecule has 0 spiro atoms. The molecule has 2 N–H and O–H groups in total. The molecule has 164 valence electrons. The average molecular weight is 445 g/mol. The lowest BCUT2D eigenvalue weighted by atomic mass is 10.1. The van der Waals surface area contributed by atoms with Gasteiger partial charge in [-0.15, -0.1) is 0 Å². The van der Waals surface area contributed by atoms with Crippen LogP contribution in [0, 0.1) is 19.7 Å². The van der Waals surface area contributed by atoms with Crippen LogP contribution in [0.25, 0.3) is 5.69 Å². The summed E-state index contributed by atoms with van der Waals surface area (Å²) in [5.41, 5.74) is 3.48. The zero-order valence-electron chi connectivity index (χ0n) is 17.8. The van der Waals surface area contributed by atoms with E-state index < -0.39 is 10.0 Å². The van der Waals surface area contributed by atoms with Gasteiger partial charge in [0.1, 0.15) is 5.82 Å². The minimum Gasteiger partial charge on any atom is -0.326 e. The summed E-state index contributed by atoms with van der Waals surface area (Å²) in [7, 11) is -3.59. The number of hydrogen-bond acceptors (Lipinski definition) is 4. The van der Waals surface area contributed by atoms with Gasteiger partial charge in [0.05, 0.1) is 22.7 Å². The van der Waals surface area contributed by atoms with E-state index in [2.05, 4.69) is 15.1 Å². The van der Waals surface area contributed by atoms with E-state index in [1.54, 1.807) is 42.8 Å². The Balaban J connectivity index is 1.72. The van der Waals surface area contributed by atoms with Crippen molar-refractivity contribution in [2.45, 2.75) is 45.1 Å². The molecule has 0 saturated heterocycles. The Morgan fingerprint density at radius 3 is 2.26 bits per heavy atom. The number of hydrogen-bond donors (Lipinski definition) is 2. The van der Waals surface area contributed by atoms with Gasteiger partial charge in [0.15, 0.2) is 0 Å². The molecule has 0 atom stereocenters. The summed E-state index contributed by atoms with van der Waals surface area (Å²) in [6, 6.07) is 11.8. The van der Waals surface area contributed by atoms with E-state index >= 15 is 0 Å². The molecule has 0 unspecified atom stereocenters. The molecule has 1 heterocycles. The summed E-state index contributed by atoms with van der Waals surface area (Å²) >= 11 is 0. The van der Waals surface area contributed by atoms with Crippen molar-refractivity contribution >= 4 is 21.6 Å². The maximum atomic E-state index is 13.2. The van der Waals surface area contributed by atoms with Gasteiger partial charge in [0.2, 0.25) is 15.9 Å². The van der Waals surface area contributed by atoms with E-state index in [4.69, 9.17) is 0 Å². The number of nitrogens with one attached hydrogen (secondary N) is 2. The van der Waals surface area contributed by atoms with Crippen LogP contribution >= 0.6 is 0 Å². The molecule has 0 fully saturated rings. The Morgan fingerprint density at radius 1 is 1.06 bits per heavy atom. The summed E-state index contributed by atoms with van der Waals surface area (Å²) in [6.07, 6.45) is 0.105. The monoisotopic (exact) mass is 444 g/mol. The van der Waals surface area contributed by atoms with Gasteiger partial charge in [-0.2, -0.15) is 5.10 Å². The number of halogens is 1. The van der Waals surface area contributed by atoms with Crippen molar-refractivity contribution in [3.05, 3.63) is 71.3 Å². The molecule has 0 bridgehead atoms. The van der Waals surface area contributed by atoms with Crippen LogP contribution in [-0.2, 0) is 21.2 Å². The highest BCUT2D eigenvalue weighted by Crippen LogP contribution is 2.20. The van der Waals surface area contributed by atoms with E-state index in [9.17, 15) is 17.6 Å². The standard InChI is InChI=1S/C22H25FN4O3S/c1-14(2)26-31(29,30)20-11-7-18(8-12-20)24-22(28)13-21-15(3)25-27(16(21)4)19-9-5-17(23)6-10-19/h5-12,14,26H,13H2,1-4H3,(H,24,28). The molecule has 7 nitrogen and oxygen atoms in total. The second-order valence-electron chi connectivity index (χ2n) is 7.56. The summed E-state index contributed by atoms with van der Waals surface area (Å²) in [4.78, 5) is 12.7. The third-order valence-corrected chi connectivity index (χ3v) is 6.36. The number of aromatic nitrogens is 2. The molecule has 3 rings (SSSR count). The summed E-state index contributed by atoms with van der Waals surface area (Å²) in [6.45, 7) is 7.16. The number of nitrogens with zero attached hydrogens (tertiary/aromatic N) is 2. The van der Waals surface area contributed by atoms with Gasteiger partial charge in [0, 0.05) is 23.0 Å². The Bertz CT molecular complexity index is 1180. The third-order valence-electron chi connectivity index (χ3n) is 4.69. The van der Waals surface area contributed by atoms with Crippen LogP contribution in [0.2, 0.25) is 0 Å². The zero-order chi connectivity index (χ0) is 22.8. The van der Waals surface area contributed by atoms with Gasteiger partial charge in [-0.05, 0) is 76.2 Å². The van der Waals surface area contributed by atoms with Crippen molar-refractivity contribution in [3.8, 4) is 5.69 Å². The predicted octanol–water partition coefficient (Wildman–Crippen LogP) is 3.50. The molecule has 1 aromatic heterocycles. The summed E-state index contributed by atoms with van der Waals surface area (Å²) in [5.74, 6) is -0.579. The van der Waals surface area contributed by atoms with Crippen LogP contribution in [0.4, 0.5) is 10.1 Å². The number of carbonyl (C=O) groups is 1. The first kappa shape index (κ1) is 22.6. The van der Waals surface area contributed by atoms with Crippen LogP contribution in [0.5, 0.6) is 0 Å². The molecule has 31 heavy (non-hydrogen) atoms. The number of benzene rings is 2. The van der Waals surface area contributed by atoms with Crippen LogP contribution in [-0.4, -0.2) is 30.1 Å². The lowest BCUT2D eigenvalue weighted by Gasteiger charge is -2.11. The Kier molecular flexibility index (Phi) is 6.56. The Labute approximate surface area is 181 Å². The first-order valence-electron chi connectivity index (χ1n) is 9.80. The molecule has 0 aliphatic heterocycles. The highest BCUT2D eigenvalue weighted by atomic mass is 32.2. The molecule has 0 aliphatic carbocycles. The molecule has 1 amide bonds. The minimum atomic E-state index is -3.59. The van der Waals surface area contributed by atoms with Crippen molar-refractivity contribution in [3.63, 3.8) is 0 Å². The largest absolute Gasteiger partial charge is 0.326 e. The molecule has 3 aromatic rings. The van der Waals surface area contributed by atoms with E-state index in [-0.39, 0.29) is 29.1 Å². The second kappa shape index (κ2) is 8.99. The number of anilines is 1. The minimum absolute atomic E-state index is 0.105. The van der Waals surface area contributed by atoms with E-state index in [1.807, 2.05) is 13.8 Å². The quantitative estimate of drug-likeness (QED) is 0.583. The SMILES string of the molecule is Cc1nn(-c2ccc(F)cc2)c(C)c1CC(=O)Nc1ccc(S(=O)(=O)NC(C)C)cc1. The Morgan fingerprint density at radius 2 is 1.68 bits per heavy atom. The number of aryl methyl sites for hydroxylation is 1. The van der Waals surface area contributed by atoms with Crippen molar-refractivity contribution < 1.29 is 17.6 Å². The lowest BCUT2D eigenvalue weighted by Crippen LogP contribution is -2.30. The van der Waals surface area contributed by atoms with Crippen molar-refractivity contribution in [2.24, 2.45) is 0 Å². The summed E-state index contributed by atoms with van der Waals surface area (Å²) in [5, 5.41) is 7.25. The molecule has 0 radical (unpaired) electrons. The highest BCUT2D eigenvalue weighted by Gasteiger charge is 2.18. The molecule has 2 aromatic carbocycles. The van der Waals surface area contributed by atoms with Crippen LogP contribution < -0.4 is 10.0 Å². The number of carbonyl (C=O) groups excluding carboxylic acids is 1. The normalized spacial score (nSPS) is 11.7. The first-order chi connectivity index (χ1) is 14.6. The zero-order valence-corrected chi connectivity index (χ0v) is 18.6. The third kappa shape index (κ3) is 5.36. The Hall–Kier alpha value is -3.04. The molecule has 0 aliphatic rings.